The van der Waals surface area contributed by atoms with E-state index in [1.807, 2.05) is 10.3 Å². The monoisotopic (exact) mass is 364 g/mol. The molecular weight excluding hydrogens is 332 g/mol. The maximum absolute atomic E-state index is 13.5. The smallest absolute Gasteiger partial charge is 0.246 e. The minimum absolute atomic E-state index is 0.0453. The number of nitrogens with zero attached hydrogens (tertiary/aromatic N) is 3. The number of hydrogen-bond donors (Lipinski definition) is 1. The van der Waals surface area contributed by atoms with Gasteiger partial charge in [0.2, 0.25) is 5.91 Å². The van der Waals surface area contributed by atoms with Crippen molar-refractivity contribution in [1.82, 2.24) is 9.88 Å². The van der Waals surface area contributed by atoms with Crippen LogP contribution in [-0.2, 0) is 4.79 Å². The molecule has 2 fully saturated rings. The van der Waals surface area contributed by atoms with E-state index in [1.165, 1.54) is 19.3 Å². The van der Waals surface area contributed by atoms with Crippen LogP contribution in [0.15, 0.2) is 11.6 Å². The molecule has 1 saturated carbocycles. The number of rotatable bonds is 4. The van der Waals surface area contributed by atoms with Gasteiger partial charge in [0.15, 0.2) is 5.13 Å². The van der Waals surface area contributed by atoms with E-state index in [9.17, 15) is 4.79 Å². The highest BCUT2D eigenvalue weighted by atomic mass is 32.1. The Morgan fingerprint density at radius 3 is 2.68 bits per heavy atom. The molecule has 0 radical (unpaired) electrons. The lowest BCUT2D eigenvalue weighted by Crippen LogP contribution is -2.59. The number of nitrogens with two attached hydrogens (primary N) is 1. The molecule has 1 aromatic heterocycles. The van der Waals surface area contributed by atoms with Gasteiger partial charge in [-0.25, -0.2) is 4.98 Å². The average molecular weight is 365 g/mol. The van der Waals surface area contributed by atoms with Crippen LogP contribution in [-0.4, -0.2) is 47.0 Å². The van der Waals surface area contributed by atoms with Crippen molar-refractivity contribution in [3.05, 3.63) is 11.6 Å². The maximum Gasteiger partial charge on any atom is 0.246 e. The Balaban J connectivity index is 1.77. The zero-order chi connectivity index (χ0) is 18.0. The second-order valence-electron chi connectivity index (χ2n) is 8.34. The van der Waals surface area contributed by atoms with E-state index < -0.39 is 0 Å². The van der Waals surface area contributed by atoms with Crippen LogP contribution in [0, 0.1) is 5.41 Å². The maximum atomic E-state index is 13.5. The summed E-state index contributed by atoms with van der Waals surface area (Å²) in [5.41, 5.74) is 6.32. The number of aromatic nitrogens is 1. The minimum atomic E-state index is -0.127. The summed E-state index contributed by atoms with van der Waals surface area (Å²) in [6, 6.07) is 0.381. The van der Waals surface area contributed by atoms with Gasteiger partial charge in [0.1, 0.15) is 0 Å². The highest BCUT2D eigenvalue weighted by Gasteiger charge is 2.39. The lowest BCUT2D eigenvalue weighted by atomic mass is 9.79. The molecule has 2 unspecified atom stereocenters. The highest BCUT2D eigenvalue weighted by molar-refractivity contribution is 7.13. The van der Waals surface area contributed by atoms with Crippen LogP contribution in [0.1, 0.15) is 59.3 Å². The largest absolute Gasteiger partial charge is 0.327 e. The molecule has 5 nitrogen and oxygen atoms in total. The van der Waals surface area contributed by atoms with Gasteiger partial charge in [0.05, 0.1) is 6.04 Å². The molecule has 2 heterocycles. The van der Waals surface area contributed by atoms with E-state index in [0.717, 1.165) is 37.5 Å². The van der Waals surface area contributed by atoms with Gasteiger partial charge >= 0.3 is 0 Å². The SMILES string of the molecule is CC(C(=O)N(c1nccs1)C1CCCCC1)N1CCC(N)C(C)(C)C1. The van der Waals surface area contributed by atoms with E-state index in [0.29, 0.717) is 6.04 Å². The molecule has 0 spiro atoms. The van der Waals surface area contributed by atoms with Crippen molar-refractivity contribution >= 4 is 22.4 Å². The number of likely N-dealkylation sites (tertiary alicyclic amines) is 1. The predicted molar refractivity (Wildman–Crippen MR) is 104 cm³/mol. The Morgan fingerprint density at radius 1 is 1.36 bits per heavy atom. The topological polar surface area (TPSA) is 62.5 Å². The summed E-state index contributed by atoms with van der Waals surface area (Å²) in [4.78, 5) is 22.2. The summed E-state index contributed by atoms with van der Waals surface area (Å²) in [5.74, 6) is 0.202. The van der Waals surface area contributed by atoms with Gasteiger partial charge in [-0.2, -0.15) is 0 Å². The third-order valence-corrected chi connectivity index (χ3v) is 6.82. The van der Waals surface area contributed by atoms with Crippen LogP contribution in [0.2, 0.25) is 0 Å². The summed E-state index contributed by atoms with van der Waals surface area (Å²) >= 11 is 1.57. The molecule has 2 aliphatic rings. The predicted octanol–water partition coefficient (Wildman–Crippen LogP) is 3.26. The number of piperidine rings is 1. The number of hydrogen-bond acceptors (Lipinski definition) is 5. The first-order valence-electron chi connectivity index (χ1n) is 9.62. The first-order valence-corrected chi connectivity index (χ1v) is 10.5. The fraction of sp³-hybridized carbons (Fsp3) is 0.789. The number of carbonyl (C=O) groups excluding carboxylic acids is 1. The summed E-state index contributed by atoms with van der Waals surface area (Å²) < 4.78 is 0. The summed E-state index contributed by atoms with van der Waals surface area (Å²) in [6.45, 7) is 8.24. The molecule has 1 amide bonds. The fourth-order valence-electron chi connectivity index (χ4n) is 4.21. The zero-order valence-corrected chi connectivity index (χ0v) is 16.6. The molecule has 0 bridgehead atoms. The number of amides is 1. The molecule has 1 aliphatic heterocycles. The van der Waals surface area contributed by atoms with Gasteiger partial charge in [-0.3, -0.25) is 14.6 Å². The molecular formula is C19H32N4OS. The lowest BCUT2D eigenvalue weighted by molar-refractivity contribution is -0.125. The third-order valence-electron chi connectivity index (χ3n) is 6.05. The highest BCUT2D eigenvalue weighted by Crippen LogP contribution is 2.32. The molecule has 1 aromatic rings. The van der Waals surface area contributed by atoms with Gasteiger partial charge in [0.25, 0.3) is 0 Å². The van der Waals surface area contributed by atoms with Gasteiger partial charge in [-0.1, -0.05) is 33.1 Å². The zero-order valence-electron chi connectivity index (χ0n) is 15.8. The molecule has 1 saturated heterocycles. The minimum Gasteiger partial charge on any atom is -0.327 e. The van der Waals surface area contributed by atoms with Crippen LogP contribution in [0.25, 0.3) is 0 Å². The van der Waals surface area contributed by atoms with Crippen molar-refractivity contribution in [1.29, 1.82) is 0 Å². The van der Waals surface area contributed by atoms with Gasteiger partial charge in [-0.05, 0) is 31.6 Å². The van der Waals surface area contributed by atoms with E-state index in [1.54, 1.807) is 17.5 Å². The van der Waals surface area contributed by atoms with Crippen molar-refractivity contribution in [2.45, 2.75) is 77.4 Å². The lowest BCUT2D eigenvalue weighted by Gasteiger charge is -2.45. The summed E-state index contributed by atoms with van der Waals surface area (Å²) in [5, 5.41) is 2.82. The van der Waals surface area contributed by atoms with Crippen LogP contribution in [0.3, 0.4) is 0 Å². The number of thiazole rings is 1. The van der Waals surface area contributed by atoms with Crippen LogP contribution < -0.4 is 10.6 Å². The van der Waals surface area contributed by atoms with Crippen molar-refractivity contribution in [2.24, 2.45) is 11.1 Å². The van der Waals surface area contributed by atoms with Crippen molar-refractivity contribution in [2.75, 3.05) is 18.0 Å². The van der Waals surface area contributed by atoms with Crippen molar-refractivity contribution in [3.63, 3.8) is 0 Å². The second-order valence-corrected chi connectivity index (χ2v) is 9.22. The second kappa shape index (κ2) is 7.72. The Labute approximate surface area is 155 Å². The first-order chi connectivity index (χ1) is 11.9. The van der Waals surface area contributed by atoms with Crippen LogP contribution >= 0.6 is 11.3 Å². The van der Waals surface area contributed by atoms with Crippen molar-refractivity contribution in [3.8, 4) is 0 Å². The average Bonchev–Trinajstić information content (AvgIpc) is 3.12. The summed E-state index contributed by atoms with van der Waals surface area (Å²) in [6.07, 6.45) is 8.63. The van der Waals surface area contributed by atoms with E-state index in [2.05, 4.69) is 30.7 Å². The molecule has 1 aliphatic carbocycles. The van der Waals surface area contributed by atoms with Gasteiger partial charge < -0.3 is 5.73 Å². The quantitative estimate of drug-likeness (QED) is 0.891. The summed E-state index contributed by atoms with van der Waals surface area (Å²) in [7, 11) is 0. The third kappa shape index (κ3) is 4.07. The number of carbonyl (C=O) groups is 1. The number of anilines is 1. The molecule has 2 atom stereocenters. The molecule has 140 valence electrons. The van der Waals surface area contributed by atoms with E-state index in [4.69, 9.17) is 5.73 Å². The van der Waals surface area contributed by atoms with Crippen LogP contribution in [0.4, 0.5) is 5.13 Å². The fourth-order valence-corrected chi connectivity index (χ4v) is 4.93. The van der Waals surface area contributed by atoms with E-state index in [-0.39, 0.29) is 23.4 Å². The Morgan fingerprint density at radius 2 is 2.08 bits per heavy atom. The Kier molecular flexibility index (Phi) is 5.81. The van der Waals surface area contributed by atoms with Crippen molar-refractivity contribution < 1.29 is 4.79 Å². The molecule has 6 heteroatoms. The van der Waals surface area contributed by atoms with Crippen LogP contribution in [0.5, 0.6) is 0 Å². The van der Waals surface area contributed by atoms with Gasteiger partial charge in [0, 0.05) is 36.8 Å². The molecule has 25 heavy (non-hydrogen) atoms. The normalized spacial score (nSPS) is 26.3. The van der Waals surface area contributed by atoms with E-state index >= 15 is 0 Å². The Bertz CT molecular complexity index is 568. The molecule has 0 aromatic carbocycles. The van der Waals surface area contributed by atoms with Gasteiger partial charge in [-0.15, -0.1) is 11.3 Å². The standard InChI is InChI=1S/C19H32N4OS/c1-14(22-11-9-16(20)19(2,3)13-22)17(24)23(18-21-10-12-25-18)15-7-5-4-6-8-15/h10,12,14-16H,4-9,11,13,20H2,1-3H3. The Hall–Kier alpha value is -0.980. The molecule has 3 rings (SSSR count). The first kappa shape index (κ1) is 18.8. The molecule has 2 N–H and O–H groups in total.